The molecule has 0 amide bonds. The summed E-state index contributed by atoms with van der Waals surface area (Å²) in [7, 11) is 0. The van der Waals surface area contributed by atoms with Crippen molar-refractivity contribution in [1.82, 2.24) is 0 Å². The molecule has 0 fully saturated rings. The fourth-order valence-corrected chi connectivity index (χ4v) is 1.73. The largest absolute Gasteiger partial charge is 0.395 e. The van der Waals surface area contributed by atoms with Crippen molar-refractivity contribution in [2.75, 3.05) is 12.9 Å². The van der Waals surface area contributed by atoms with E-state index in [0.717, 1.165) is 5.56 Å². The second kappa shape index (κ2) is 5.27. The number of benzene rings is 1. The van der Waals surface area contributed by atoms with Crippen molar-refractivity contribution >= 4 is 11.8 Å². The lowest BCUT2D eigenvalue weighted by Crippen LogP contribution is -2.18. The molecule has 0 unspecified atom stereocenters. The molecule has 2 atom stereocenters. The summed E-state index contributed by atoms with van der Waals surface area (Å²) in [6.07, 6.45) is 1.30. The third-order valence-electron chi connectivity index (χ3n) is 1.98. The molecule has 1 aromatic carbocycles. The summed E-state index contributed by atoms with van der Waals surface area (Å²) < 4.78 is 0. The van der Waals surface area contributed by atoms with Gasteiger partial charge in [-0.15, -0.1) is 0 Å². The normalized spacial score (nSPS) is 15.3. The summed E-state index contributed by atoms with van der Waals surface area (Å²) in [5.41, 5.74) is 0.857. The SMILES string of the molecule is CS[C@H](CO)[C@@H](O)c1ccccc1. The Bertz CT molecular complexity index is 234. The van der Waals surface area contributed by atoms with Crippen molar-refractivity contribution in [2.45, 2.75) is 11.4 Å². The topological polar surface area (TPSA) is 40.5 Å². The van der Waals surface area contributed by atoms with Gasteiger partial charge in [0.15, 0.2) is 0 Å². The minimum Gasteiger partial charge on any atom is -0.395 e. The third kappa shape index (κ3) is 2.72. The Labute approximate surface area is 82.6 Å². The van der Waals surface area contributed by atoms with Gasteiger partial charge in [-0.25, -0.2) is 0 Å². The van der Waals surface area contributed by atoms with Gasteiger partial charge in [0.25, 0.3) is 0 Å². The predicted octanol–water partition coefficient (Wildman–Crippen LogP) is 1.44. The van der Waals surface area contributed by atoms with Gasteiger partial charge in [-0.2, -0.15) is 11.8 Å². The highest BCUT2D eigenvalue weighted by Gasteiger charge is 2.18. The van der Waals surface area contributed by atoms with Crippen LogP contribution >= 0.6 is 11.8 Å². The Balaban J connectivity index is 2.72. The molecule has 1 rings (SSSR count). The van der Waals surface area contributed by atoms with Gasteiger partial charge in [-0.3, -0.25) is 0 Å². The molecule has 0 radical (unpaired) electrons. The Hall–Kier alpha value is -0.510. The summed E-state index contributed by atoms with van der Waals surface area (Å²) in [6.45, 7) is -0.00275. The van der Waals surface area contributed by atoms with Crippen LogP contribution in [0.3, 0.4) is 0 Å². The first-order valence-corrected chi connectivity index (χ1v) is 5.45. The van der Waals surface area contributed by atoms with Gasteiger partial charge < -0.3 is 10.2 Å². The first-order chi connectivity index (χ1) is 6.29. The first-order valence-electron chi connectivity index (χ1n) is 4.16. The smallest absolute Gasteiger partial charge is 0.0930 e. The lowest BCUT2D eigenvalue weighted by Gasteiger charge is -2.18. The number of thioether (sulfide) groups is 1. The highest BCUT2D eigenvalue weighted by molar-refractivity contribution is 7.99. The van der Waals surface area contributed by atoms with E-state index in [9.17, 15) is 5.11 Å². The van der Waals surface area contributed by atoms with Gasteiger partial charge in [0.05, 0.1) is 18.0 Å². The van der Waals surface area contributed by atoms with Gasteiger partial charge in [-0.1, -0.05) is 30.3 Å². The molecule has 72 valence electrons. The Morgan fingerprint density at radius 3 is 2.38 bits per heavy atom. The highest BCUT2D eigenvalue weighted by atomic mass is 32.2. The Morgan fingerprint density at radius 1 is 1.31 bits per heavy atom. The lowest BCUT2D eigenvalue weighted by atomic mass is 10.1. The van der Waals surface area contributed by atoms with Crippen molar-refractivity contribution in [3.05, 3.63) is 35.9 Å². The van der Waals surface area contributed by atoms with Gasteiger partial charge in [0.1, 0.15) is 0 Å². The molecule has 0 aliphatic heterocycles. The second-order valence-electron chi connectivity index (χ2n) is 2.81. The first kappa shape index (κ1) is 10.6. The molecule has 13 heavy (non-hydrogen) atoms. The van der Waals surface area contributed by atoms with Crippen molar-refractivity contribution in [3.63, 3.8) is 0 Å². The van der Waals surface area contributed by atoms with Crippen LogP contribution in [0.2, 0.25) is 0 Å². The zero-order valence-electron chi connectivity index (χ0n) is 7.55. The average Bonchev–Trinajstić information content (AvgIpc) is 2.21. The monoisotopic (exact) mass is 198 g/mol. The zero-order chi connectivity index (χ0) is 9.68. The van der Waals surface area contributed by atoms with E-state index in [-0.39, 0.29) is 11.9 Å². The molecule has 0 aliphatic carbocycles. The van der Waals surface area contributed by atoms with Gasteiger partial charge in [0.2, 0.25) is 0 Å². The van der Waals surface area contributed by atoms with Gasteiger partial charge >= 0.3 is 0 Å². The van der Waals surface area contributed by atoms with Crippen LogP contribution in [-0.4, -0.2) is 28.3 Å². The minimum absolute atomic E-state index is 0.00275. The number of hydrogen-bond donors (Lipinski definition) is 2. The summed E-state index contributed by atoms with van der Waals surface area (Å²) in [6, 6.07) is 9.40. The maximum atomic E-state index is 9.80. The molecule has 0 saturated heterocycles. The molecule has 1 aromatic rings. The maximum absolute atomic E-state index is 9.80. The minimum atomic E-state index is -0.582. The molecule has 0 saturated carbocycles. The van der Waals surface area contributed by atoms with E-state index in [1.54, 1.807) is 0 Å². The number of hydrogen-bond acceptors (Lipinski definition) is 3. The standard InChI is InChI=1S/C10H14O2S/c1-13-9(7-11)10(12)8-5-3-2-4-6-8/h2-6,9-12H,7H2,1H3/t9-,10+/m1/s1. The van der Waals surface area contributed by atoms with Gasteiger partial charge in [0, 0.05) is 0 Å². The van der Waals surface area contributed by atoms with Crippen LogP contribution in [0.4, 0.5) is 0 Å². The van der Waals surface area contributed by atoms with E-state index in [2.05, 4.69) is 0 Å². The van der Waals surface area contributed by atoms with E-state index in [1.165, 1.54) is 11.8 Å². The molecular formula is C10H14O2S. The average molecular weight is 198 g/mol. The molecular weight excluding hydrogens is 184 g/mol. The van der Waals surface area contributed by atoms with E-state index < -0.39 is 6.10 Å². The lowest BCUT2D eigenvalue weighted by molar-refractivity contribution is 0.142. The molecule has 2 nitrogen and oxygen atoms in total. The van der Waals surface area contributed by atoms with E-state index >= 15 is 0 Å². The summed E-state index contributed by atoms with van der Waals surface area (Å²) in [5.74, 6) is 0. The van der Waals surface area contributed by atoms with E-state index in [1.807, 2.05) is 36.6 Å². The Kier molecular flexibility index (Phi) is 4.28. The maximum Gasteiger partial charge on any atom is 0.0930 e. The van der Waals surface area contributed by atoms with Crippen LogP contribution in [0.5, 0.6) is 0 Å². The summed E-state index contributed by atoms with van der Waals surface area (Å²) >= 11 is 1.47. The molecule has 0 heterocycles. The van der Waals surface area contributed by atoms with Crippen molar-refractivity contribution in [3.8, 4) is 0 Å². The molecule has 3 heteroatoms. The van der Waals surface area contributed by atoms with Crippen LogP contribution < -0.4 is 0 Å². The summed E-state index contributed by atoms with van der Waals surface area (Å²) in [5, 5.41) is 18.6. The van der Waals surface area contributed by atoms with Crippen molar-refractivity contribution in [1.29, 1.82) is 0 Å². The number of aliphatic hydroxyl groups excluding tert-OH is 2. The molecule has 2 N–H and O–H groups in total. The molecule has 0 bridgehead atoms. The zero-order valence-corrected chi connectivity index (χ0v) is 8.37. The van der Waals surface area contributed by atoms with E-state index in [0.29, 0.717) is 0 Å². The van der Waals surface area contributed by atoms with E-state index in [4.69, 9.17) is 5.11 Å². The number of rotatable bonds is 4. The van der Waals surface area contributed by atoms with Crippen LogP contribution in [-0.2, 0) is 0 Å². The third-order valence-corrected chi connectivity index (χ3v) is 2.99. The van der Waals surface area contributed by atoms with Gasteiger partial charge in [-0.05, 0) is 11.8 Å². The molecule has 0 spiro atoms. The Morgan fingerprint density at radius 2 is 1.92 bits per heavy atom. The van der Waals surface area contributed by atoms with Crippen molar-refractivity contribution in [2.24, 2.45) is 0 Å². The molecule has 0 aromatic heterocycles. The van der Waals surface area contributed by atoms with Crippen LogP contribution in [0.25, 0.3) is 0 Å². The molecule has 0 aliphatic rings. The fourth-order valence-electron chi connectivity index (χ4n) is 1.17. The highest BCUT2D eigenvalue weighted by Crippen LogP contribution is 2.24. The van der Waals surface area contributed by atoms with Crippen LogP contribution in [0, 0.1) is 0 Å². The predicted molar refractivity (Wildman–Crippen MR) is 55.8 cm³/mol. The van der Waals surface area contributed by atoms with Crippen LogP contribution in [0.15, 0.2) is 30.3 Å². The fraction of sp³-hybridized carbons (Fsp3) is 0.400. The second-order valence-corrected chi connectivity index (χ2v) is 3.89. The quantitative estimate of drug-likeness (QED) is 0.769. The van der Waals surface area contributed by atoms with Crippen LogP contribution in [0.1, 0.15) is 11.7 Å². The van der Waals surface area contributed by atoms with Crippen molar-refractivity contribution < 1.29 is 10.2 Å². The summed E-state index contributed by atoms with van der Waals surface area (Å²) in [4.78, 5) is 0. The number of aliphatic hydroxyl groups is 2.